The molecule has 4 aromatic rings. The van der Waals surface area contributed by atoms with E-state index in [4.69, 9.17) is 5.11 Å². The zero-order valence-corrected chi connectivity index (χ0v) is 27.2. The third-order valence-electron chi connectivity index (χ3n) is 7.92. The Morgan fingerprint density at radius 3 is 2.25 bits per heavy atom. The number of Topliss-reactive ketones (excluding diaryl/α,β-unsaturated/α-hetero) is 1. The minimum Gasteiger partial charge on any atom is -0.481 e. The van der Waals surface area contributed by atoms with Gasteiger partial charge in [0.15, 0.2) is 16.9 Å². The lowest BCUT2D eigenvalue weighted by Crippen LogP contribution is -2.23. The minimum atomic E-state index is -1.06. The fourth-order valence-electron chi connectivity index (χ4n) is 5.20. The average molecular weight is 657 g/mol. The maximum atomic E-state index is 12.9. The molecule has 13 heteroatoms. The zero-order valence-electron chi connectivity index (χ0n) is 27.2. The number of H-pyrrole nitrogens is 1. The molecule has 2 heterocycles. The second-order valence-electron chi connectivity index (χ2n) is 12.2. The Bertz CT molecular complexity index is 1820. The lowest BCUT2D eigenvalue weighted by Gasteiger charge is -2.13. The van der Waals surface area contributed by atoms with Crippen LogP contribution in [-0.4, -0.2) is 53.8 Å². The van der Waals surface area contributed by atoms with Crippen molar-refractivity contribution in [2.75, 3.05) is 10.6 Å². The van der Waals surface area contributed by atoms with Crippen LogP contribution in [0.3, 0.4) is 0 Å². The molecule has 2 atom stereocenters. The molecule has 0 aliphatic rings. The van der Waals surface area contributed by atoms with Crippen LogP contribution in [0.5, 0.6) is 0 Å². The first-order chi connectivity index (χ1) is 22.9. The monoisotopic (exact) mass is 656 g/mol. The third kappa shape index (κ3) is 10.0. The summed E-state index contributed by atoms with van der Waals surface area (Å²) >= 11 is 0. The minimum absolute atomic E-state index is 0.0181. The van der Waals surface area contributed by atoms with Gasteiger partial charge in [0.05, 0.1) is 30.3 Å². The smallest absolute Gasteiger partial charge is 0.306 e. The number of carbonyl (C=O) groups excluding carboxylic acids is 2. The number of carbonyl (C=O) groups is 4. The van der Waals surface area contributed by atoms with Gasteiger partial charge < -0.3 is 15.5 Å². The number of carboxylic acids is 2. The van der Waals surface area contributed by atoms with Gasteiger partial charge in [-0.15, -0.1) is 0 Å². The van der Waals surface area contributed by atoms with Crippen molar-refractivity contribution in [2.45, 2.75) is 71.8 Å². The Balaban J connectivity index is 1.30. The Labute approximate surface area is 277 Å². The highest BCUT2D eigenvalue weighted by atomic mass is 16.4. The molecular weight excluding hydrogens is 616 g/mol. The lowest BCUT2D eigenvalue weighted by molar-refractivity contribution is -0.143. The number of ketones is 1. The van der Waals surface area contributed by atoms with Gasteiger partial charge in [0.1, 0.15) is 0 Å². The van der Waals surface area contributed by atoms with Crippen LogP contribution in [0.2, 0.25) is 0 Å². The molecule has 2 aromatic heterocycles. The van der Waals surface area contributed by atoms with Crippen LogP contribution < -0.4 is 16.2 Å². The standard InChI is InChI=1S/C35H40N6O7/c1-20(2)17-22-7-9-23(10-8-22)21(3)32(45)40-35-39-31-30(33(46)41-35)38-27(19-37-31)18-36-26-14-11-24(12-15-26)28(42)6-4-5-25(34(47)48)13-16-29(43)44/h7-12,14-15,19-21,25,36H,4-6,13,16-18H2,1-3H3,(H,43,44)(H,47,48)(H2,37,39,40,41,45,46). The summed E-state index contributed by atoms with van der Waals surface area (Å²) < 4.78 is 0. The predicted molar refractivity (Wildman–Crippen MR) is 180 cm³/mol. The van der Waals surface area contributed by atoms with Gasteiger partial charge in [-0.3, -0.25) is 34.3 Å². The molecule has 0 bridgehead atoms. The van der Waals surface area contributed by atoms with E-state index in [9.17, 15) is 29.1 Å². The van der Waals surface area contributed by atoms with Gasteiger partial charge in [0, 0.05) is 24.1 Å². The van der Waals surface area contributed by atoms with E-state index in [1.165, 1.54) is 11.8 Å². The fourth-order valence-corrected chi connectivity index (χ4v) is 5.20. The number of fused-ring (bicyclic) bond motifs is 1. The van der Waals surface area contributed by atoms with Crippen LogP contribution in [0.1, 0.15) is 86.0 Å². The first-order valence-electron chi connectivity index (χ1n) is 15.9. The highest BCUT2D eigenvalue weighted by Gasteiger charge is 2.20. The van der Waals surface area contributed by atoms with E-state index >= 15 is 0 Å². The van der Waals surface area contributed by atoms with Crippen molar-refractivity contribution in [3.63, 3.8) is 0 Å². The molecule has 0 aliphatic carbocycles. The molecule has 48 heavy (non-hydrogen) atoms. The first kappa shape index (κ1) is 35.4. The summed E-state index contributed by atoms with van der Waals surface area (Å²) in [6.45, 7) is 6.32. The van der Waals surface area contributed by atoms with E-state index in [-0.39, 0.29) is 61.0 Å². The molecule has 2 unspecified atom stereocenters. The quantitative estimate of drug-likeness (QED) is 0.0936. The summed E-state index contributed by atoms with van der Waals surface area (Å²) in [5.41, 5.74) is 3.25. The van der Waals surface area contributed by atoms with Crippen LogP contribution in [-0.2, 0) is 27.3 Å². The largest absolute Gasteiger partial charge is 0.481 e. The number of aliphatic carboxylic acids is 2. The Morgan fingerprint density at radius 1 is 0.896 bits per heavy atom. The molecule has 0 radical (unpaired) electrons. The number of anilines is 2. The van der Waals surface area contributed by atoms with Gasteiger partial charge in [0.2, 0.25) is 11.9 Å². The number of amides is 1. The van der Waals surface area contributed by atoms with Crippen LogP contribution in [0.15, 0.2) is 59.5 Å². The molecule has 4 rings (SSSR count). The topological polar surface area (TPSA) is 204 Å². The number of nitrogens with zero attached hydrogens (tertiary/aromatic N) is 3. The van der Waals surface area contributed by atoms with Gasteiger partial charge in [0.25, 0.3) is 5.56 Å². The van der Waals surface area contributed by atoms with Crippen LogP contribution in [0, 0.1) is 11.8 Å². The number of aromatic nitrogens is 4. The number of nitrogens with one attached hydrogen (secondary N) is 3. The maximum absolute atomic E-state index is 12.9. The van der Waals surface area contributed by atoms with Crippen molar-refractivity contribution in [2.24, 2.45) is 11.8 Å². The molecule has 2 aromatic carbocycles. The molecule has 0 saturated heterocycles. The molecule has 0 fully saturated rings. The zero-order chi connectivity index (χ0) is 34.8. The molecular formula is C35H40N6O7. The molecule has 13 nitrogen and oxygen atoms in total. The van der Waals surface area contributed by atoms with Crippen molar-refractivity contribution in [1.82, 2.24) is 19.9 Å². The van der Waals surface area contributed by atoms with Gasteiger partial charge in [-0.25, -0.2) is 9.97 Å². The SMILES string of the molecule is CC(C)Cc1ccc(C(C)C(=O)Nc2nc3ncc(CNc4ccc(C(=O)CCCC(CCC(=O)O)C(=O)O)cc4)nc3c(=O)[nH]2)cc1. The van der Waals surface area contributed by atoms with Crippen LogP contribution >= 0.6 is 0 Å². The summed E-state index contributed by atoms with van der Waals surface area (Å²) in [6, 6.07) is 14.7. The number of rotatable bonds is 17. The van der Waals surface area contributed by atoms with E-state index in [2.05, 4.69) is 44.4 Å². The maximum Gasteiger partial charge on any atom is 0.306 e. The van der Waals surface area contributed by atoms with Crippen molar-refractivity contribution >= 4 is 46.4 Å². The molecule has 5 N–H and O–H groups in total. The van der Waals surface area contributed by atoms with Gasteiger partial charge in [-0.05, 0) is 73.9 Å². The highest BCUT2D eigenvalue weighted by Crippen LogP contribution is 2.20. The molecule has 0 aliphatic heterocycles. The third-order valence-corrected chi connectivity index (χ3v) is 7.92. The molecule has 1 amide bonds. The van der Waals surface area contributed by atoms with E-state index in [0.29, 0.717) is 29.3 Å². The van der Waals surface area contributed by atoms with E-state index in [0.717, 1.165) is 12.0 Å². The predicted octanol–water partition coefficient (Wildman–Crippen LogP) is 5.18. The average Bonchev–Trinajstić information content (AvgIpc) is 3.05. The Kier molecular flexibility index (Phi) is 12.1. The number of hydrogen-bond acceptors (Lipinski definition) is 9. The van der Waals surface area contributed by atoms with Crippen LogP contribution in [0.25, 0.3) is 11.2 Å². The summed E-state index contributed by atoms with van der Waals surface area (Å²) in [6.07, 6.45) is 2.94. The number of carboxylic acid groups (broad SMARTS) is 2. The van der Waals surface area contributed by atoms with E-state index in [1.807, 2.05) is 24.3 Å². The van der Waals surface area contributed by atoms with E-state index < -0.39 is 29.3 Å². The summed E-state index contributed by atoms with van der Waals surface area (Å²) in [4.78, 5) is 75.9. The summed E-state index contributed by atoms with van der Waals surface area (Å²) in [7, 11) is 0. The summed E-state index contributed by atoms with van der Waals surface area (Å²) in [5, 5.41) is 23.9. The van der Waals surface area contributed by atoms with Crippen molar-refractivity contribution in [3.8, 4) is 0 Å². The first-order valence-corrected chi connectivity index (χ1v) is 15.9. The van der Waals surface area contributed by atoms with Crippen LogP contribution in [0.4, 0.5) is 11.6 Å². The van der Waals surface area contributed by atoms with Gasteiger partial charge >= 0.3 is 11.9 Å². The second-order valence-corrected chi connectivity index (χ2v) is 12.2. The normalized spacial score (nSPS) is 12.4. The second kappa shape index (κ2) is 16.4. The van der Waals surface area contributed by atoms with Crippen molar-refractivity contribution in [3.05, 3.63) is 87.5 Å². The molecule has 252 valence electrons. The highest BCUT2D eigenvalue weighted by molar-refractivity contribution is 5.96. The Morgan fingerprint density at radius 2 is 1.60 bits per heavy atom. The van der Waals surface area contributed by atoms with E-state index in [1.54, 1.807) is 31.2 Å². The number of aromatic amines is 1. The molecule has 0 spiro atoms. The van der Waals surface area contributed by atoms with Crippen molar-refractivity contribution < 1.29 is 29.4 Å². The lowest BCUT2D eigenvalue weighted by atomic mass is 9.95. The van der Waals surface area contributed by atoms with Crippen molar-refractivity contribution in [1.29, 1.82) is 0 Å². The van der Waals surface area contributed by atoms with Gasteiger partial charge in [-0.2, -0.15) is 4.98 Å². The van der Waals surface area contributed by atoms with Gasteiger partial charge in [-0.1, -0.05) is 38.1 Å². The molecule has 0 saturated carbocycles. The fraction of sp³-hybridized carbons (Fsp3) is 0.371. The number of benzene rings is 2. The number of hydrogen-bond donors (Lipinski definition) is 5. The summed E-state index contributed by atoms with van der Waals surface area (Å²) in [5.74, 6) is -3.34. The Hall–Kier alpha value is -5.46.